The Kier molecular flexibility index (Phi) is 3.01. The predicted octanol–water partition coefficient (Wildman–Crippen LogP) is 0.861. The highest BCUT2D eigenvalue weighted by Crippen LogP contribution is 2.39. The number of hydrogen-bond donors (Lipinski definition) is 0. The minimum Gasteiger partial charge on any atom is -0.465 e. The molecule has 1 aromatic carbocycles. The van der Waals surface area contributed by atoms with Gasteiger partial charge in [-0.1, -0.05) is 6.07 Å². The second-order valence-electron chi connectivity index (χ2n) is 5.91. The number of hydrogen-bond acceptors (Lipinski definition) is 4. The van der Waals surface area contributed by atoms with Crippen LogP contribution in [0.4, 0.5) is 0 Å². The summed E-state index contributed by atoms with van der Waals surface area (Å²) in [6.45, 7) is 3.77. The van der Waals surface area contributed by atoms with E-state index in [9.17, 15) is 9.59 Å². The molecule has 2 saturated heterocycles. The van der Waals surface area contributed by atoms with Gasteiger partial charge in [0.2, 0.25) is 0 Å². The summed E-state index contributed by atoms with van der Waals surface area (Å²) in [5, 5.41) is 0. The number of carbonyl (C=O) groups is 2. The molecule has 2 aliphatic heterocycles. The average Bonchev–Trinajstić information content (AvgIpc) is 2.39. The standard InChI is InChI=1S/C15H18N2O3/c1-16-7-15(8-16)9-17(10-15)13(18)11-4-3-5-12(6-11)14(19)20-2/h3-6H,7-10H2,1-2H3. The van der Waals surface area contributed by atoms with Gasteiger partial charge < -0.3 is 14.5 Å². The molecule has 5 nitrogen and oxygen atoms in total. The minimum absolute atomic E-state index is 0.00377. The van der Waals surface area contributed by atoms with Crippen molar-refractivity contribution in [2.45, 2.75) is 0 Å². The van der Waals surface area contributed by atoms with Crippen molar-refractivity contribution in [3.05, 3.63) is 35.4 Å². The first-order valence-electron chi connectivity index (χ1n) is 6.69. The van der Waals surface area contributed by atoms with Crippen molar-refractivity contribution in [3.8, 4) is 0 Å². The van der Waals surface area contributed by atoms with Crippen LogP contribution in [-0.4, -0.2) is 62.0 Å². The topological polar surface area (TPSA) is 49.9 Å². The Bertz CT molecular complexity index is 556. The first kappa shape index (κ1) is 13.1. The summed E-state index contributed by atoms with van der Waals surface area (Å²) in [7, 11) is 3.43. The van der Waals surface area contributed by atoms with Crippen LogP contribution in [0.5, 0.6) is 0 Å². The van der Waals surface area contributed by atoms with E-state index in [1.54, 1.807) is 24.3 Å². The Morgan fingerprint density at radius 2 is 1.80 bits per heavy atom. The Morgan fingerprint density at radius 3 is 2.40 bits per heavy atom. The molecule has 20 heavy (non-hydrogen) atoms. The van der Waals surface area contributed by atoms with Gasteiger partial charge in [-0.25, -0.2) is 4.79 Å². The Labute approximate surface area is 118 Å². The zero-order valence-electron chi connectivity index (χ0n) is 11.8. The van der Waals surface area contributed by atoms with Gasteiger partial charge in [-0.2, -0.15) is 0 Å². The number of amides is 1. The van der Waals surface area contributed by atoms with Crippen LogP contribution in [0.3, 0.4) is 0 Å². The smallest absolute Gasteiger partial charge is 0.337 e. The highest BCUT2D eigenvalue weighted by Gasteiger charge is 2.51. The van der Waals surface area contributed by atoms with Crippen molar-refractivity contribution < 1.29 is 14.3 Å². The summed E-state index contributed by atoms with van der Waals surface area (Å²) in [6, 6.07) is 6.71. The van der Waals surface area contributed by atoms with E-state index in [0.717, 1.165) is 26.2 Å². The number of carbonyl (C=O) groups excluding carboxylic acids is 2. The maximum absolute atomic E-state index is 12.4. The molecule has 1 spiro atoms. The fourth-order valence-corrected chi connectivity index (χ4v) is 3.29. The second-order valence-corrected chi connectivity index (χ2v) is 5.91. The third-order valence-electron chi connectivity index (χ3n) is 4.08. The van der Waals surface area contributed by atoms with Crippen LogP contribution in [0.25, 0.3) is 0 Å². The lowest BCUT2D eigenvalue weighted by Crippen LogP contribution is -2.72. The first-order chi connectivity index (χ1) is 9.53. The highest BCUT2D eigenvalue weighted by atomic mass is 16.5. The van der Waals surface area contributed by atoms with E-state index >= 15 is 0 Å². The van der Waals surface area contributed by atoms with Crippen molar-refractivity contribution in [2.24, 2.45) is 5.41 Å². The van der Waals surface area contributed by atoms with Crippen molar-refractivity contribution in [1.82, 2.24) is 9.80 Å². The third kappa shape index (κ3) is 2.08. The van der Waals surface area contributed by atoms with Gasteiger partial charge in [0.05, 0.1) is 12.7 Å². The maximum Gasteiger partial charge on any atom is 0.337 e. The number of methoxy groups -OCH3 is 1. The molecule has 0 bridgehead atoms. The van der Waals surface area contributed by atoms with Crippen LogP contribution in [0, 0.1) is 5.41 Å². The number of benzene rings is 1. The molecule has 1 aromatic rings. The van der Waals surface area contributed by atoms with Crippen molar-refractivity contribution in [3.63, 3.8) is 0 Å². The van der Waals surface area contributed by atoms with Crippen LogP contribution in [0.2, 0.25) is 0 Å². The van der Waals surface area contributed by atoms with E-state index in [-0.39, 0.29) is 5.91 Å². The number of esters is 1. The van der Waals surface area contributed by atoms with Crippen LogP contribution in [0.1, 0.15) is 20.7 Å². The number of likely N-dealkylation sites (tertiary alicyclic amines) is 2. The third-order valence-corrected chi connectivity index (χ3v) is 4.08. The van der Waals surface area contributed by atoms with Gasteiger partial charge in [-0.15, -0.1) is 0 Å². The van der Waals surface area contributed by atoms with E-state index < -0.39 is 5.97 Å². The van der Waals surface area contributed by atoms with Crippen LogP contribution in [-0.2, 0) is 4.74 Å². The summed E-state index contributed by atoms with van der Waals surface area (Å²) < 4.78 is 4.67. The van der Waals surface area contributed by atoms with Crippen LogP contribution in [0.15, 0.2) is 24.3 Å². The van der Waals surface area contributed by atoms with E-state index in [4.69, 9.17) is 0 Å². The zero-order chi connectivity index (χ0) is 14.3. The molecular formula is C15H18N2O3. The van der Waals surface area contributed by atoms with Gasteiger partial charge in [0.15, 0.2) is 0 Å². The number of nitrogens with zero attached hydrogens (tertiary/aromatic N) is 2. The van der Waals surface area contributed by atoms with E-state index in [1.165, 1.54) is 7.11 Å². The fourth-order valence-electron chi connectivity index (χ4n) is 3.29. The molecule has 106 valence electrons. The zero-order valence-corrected chi connectivity index (χ0v) is 11.8. The average molecular weight is 274 g/mol. The van der Waals surface area contributed by atoms with Crippen molar-refractivity contribution in [2.75, 3.05) is 40.3 Å². The Hall–Kier alpha value is -1.88. The molecule has 0 unspecified atom stereocenters. The van der Waals surface area contributed by atoms with Crippen LogP contribution >= 0.6 is 0 Å². The molecule has 0 N–H and O–H groups in total. The molecule has 3 rings (SSSR count). The summed E-state index contributed by atoms with van der Waals surface area (Å²) in [6.07, 6.45) is 0. The Morgan fingerprint density at radius 1 is 1.15 bits per heavy atom. The van der Waals surface area contributed by atoms with Gasteiger partial charge in [0, 0.05) is 37.2 Å². The van der Waals surface area contributed by atoms with Gasteiger partial charge in [-0.3, -0.25) is 4.79 Å². The van der Waals surface area contributed by atoms with Crippen molar-refractivity contribution >= 4 is 11.9 Å². The summed E-state index contributed by atoms with van der Waals surface area (Å²) in [5.74, 6) is -0.420. The molecule has 0 saturated carbocycles. The van der Waals surface area contributed by atoms with Gasteiger partial charge in [-0.05, 0) is 25.2 Å². The summed E-state index contributed by atoms with van der Waals surface area (Å²) in [5.41, 5.74) is 1.29. The lowest BCUT2D eigenvalue weighted by Gasteiger charge is -2.59. The molecule has 5 heteroatoms. The largest absolute Gasteiger partial charge is 0.465 e. The molecule has 2 fully saturated rings. The SMILES string of the molecule is COC(=O)c1cccc(C(=O)N2CC3(CN(C)C3)C2)c1. The molecule has 0 aromatic heterocycles. The second kappa shape index (κ2) is 4.59. The molecule has 2 heterocycles. The van der Waals surface area contributed by atoms with Gasteiger partial charge >= 0.3 is 5.97 Å². The molecule has 0 aliphatic carbocycles. The maximum atomic E-state index is 12.4. The molecule has 1 amide bonds. The number of rotatable bonds is 2. The molecule has 2 aliphatic rings. The quantitative estimate of drug-likeness (QED) is 0.751. The van der Waals surface area contributed by atoms with Gasteiger partial charge in [0.25, 0.3) is 5.91 Å². The van der Waals surface area contributed by atoms with Gasteiger partial charge in [0.1, 0.15) is 0 Å². The summed E-state index contributed by atoms with van der Waals surface area (Å²) >= 11 is 0. The predicted molar refractivity (Wildman–Crippen MR) is 73.6 cm³/mol. The summed E-state index contributed by atoms with van der Waals surface area (Å²) in [4.78, 5) is 28.0. The van der Waals surface area contributed by atoms with Crippen molar-refractivity contribution in [1.29, 1.82) is 0 Å². The minimum atomic E-state index is -0.416. The molecular weight excluding hydrogens is 256 g/mol. The number of ether oxygens (including phenoxy) is 1. The fraction of sp³-hybridized carbons (Fsp3) is 0.467. The molecule has 0 atom stereocenters. The lowest BCUT2D eigenvalue weighted by atomic mass is 9.73. The lowest BCUT2D eigenvalue weighted by molar-refractivity contribution is -0.0872. The van der Waals surface area contributed by atoms with E-state index in [2.05, 4.69) is 16.7 Å². The highest BCUT2D eigenvalue weighted by molar-refractivity contribution is 5.98. The Balaban J connectivity index is 1.68. The normalized spacial score (nSPS) is 20.2. The van der Waals surface area contributed by atoms with E-state index in [1.807, 2.05) is 4.90 Å². The molecule has 0 radical (unpaired) electrons. The first-order valence-corrected chi connectivity index (χ1v) is 6.69. The van der Waals surface area contributed by atoms with Crippen LogP contribution < -0.4 is 0 Å². The monoisotopic (exact) mass is 274 g/mol. The van der Waals surface area contributed by atoms with E-state index in [0.29, 0.717) is 16.5 Å².